The molecule has 2 rings (SSSR count). The number of aliphatic hydroxyl groups excluding tert-OH is 1. The fourth-order valence-electron chi connectivity index (χ4n) is 1.03. The SMILES string of the molecule is C1=CNc2ccccc2C=N1.CC(C)O. The van der Waals surface area contributed by atoms with E-state index in [9.17, 15) is 0 Å². The van der Waals surface area contributed by atoms with Crippen molar-refractivity contribution in [2.24, 2.45) is 4.99 Å². The van der Waals surface area contributed by atoms with E-state index < -0.39 is 0 Å². The molecule has 0 bridgehead atoms. The Morgan fingerprint density at radius 2 is 1.93 bits per heavy atom. The van der Waals surface area contributed by atoms with Gasteiger partial charge in [-0.15, -0.1) is 0 Å². The highest BCUT2D eigenvalue weighted by Crippen LogP contribution is 2.13. The second-order valence-electron chi connectivity index (χ2n) is 3.42. The van der Waals surface area contributed by atoms with E-state index in [1.165, 1.54) is 0 Å². The van der Waals surface area contributed by atoms with Gasteiger partial charge in [-0.1, -0.05) is 18.2 Å². The van der Waals surface area contributed by atoms with Crippen LogP contribution >= 0.6 is 0 Å². The van der Waals surface area contributed by atoms with E-state index in [2.05, 4.69) is 10.3 Å². The Bertz CT molecular complexity index is 354. The summed E-state index contributed by atoms with van der Waals surface area (Å²) in [6.45, 7) is 3.44. The van der Waals surface area contributed by atoms with Gasteiger partial charge in [-0.2, -0.15) is 0 Å². The quantitative estimate of drug-likeness (QED) is 0.681. The maximum atomic E-state index is 8.06. The first-order chi connectivity index (χ1) is 7.20. The minimum atomic E-state index is -0.167. The Balaban J connectivity index is 0.000000245. The summed E-state index contributed by atoms with van der Waals surface area (Å²) >= 11 is 0. The molecular weight excluding hydrogens is 188 g/mol. The fraction of sp³-hybridized carbons (Fsp3) is 0.250. The summed E-state index contributed by atoms with van der Waals surface area (Å²) in [7, 11) is 0. The van der Waals surface area contributed by atoms with Crippen LogP contribution in [0, 0.1) is 0 Å². The van der Waals surface area contributed by atoms with E-state index in [0.717, 1.165) is 11.3 Å². The van der Waals surface area contributed by atoms with Crippen molar-refractivity contribution in [2.45, 2.75) is 20.0 Å². The average Bonchev–Trinajstić information content (AvgIpc) is 2.41. The third-order valence-corrected chi connectivity index (χ3v) is 1.57. The molecule has 0 aromatic heterocycles. The summed E-state index contributed by atoms with van der Waals surface area (Å²) in [5, 5.41) is 11.2. The molecule has 0 aliphatic carbocycles. The zero-order chi connectivity index (χ0) is 11.1. The summed E-state index contributed by atoms with van der Waals surface area (Å²) in [4.78, 5) is 4.04. The van der Waals surface area contributed by atoms with Crippen LogP contribution in [0.5, 0.6) is 0 Å². The second kappa shape index (κ2) is 5.98. The molecule has 1 aliphatic heterocycles. The van der Waals surface area contributed by atoms with E-state index >= 15 is 0 Å². The summed E-state index contributed by atoms with van der Waals surface area (Å²) in [5.74, 6) is 0. The first-order valence-corrected chi connectivity index (χ1v) is 4.92. The number of para-hydroxylation sites is 1. The number of aliphatic hydroxyl groups is 1. The second-order valence-corrected chi connectivity index (χ2v) is 3.42. The predicted octanol–water partition coefficient (Wildman–Crippen LogP) is 2.39. The van der Waals surface area contributed by atoms with Crippen molar-refractivity contribution < 1.29 is 5.11 Å². The highest BCUT2D eigenvalue weighted by Gasteiger charge is 1.96. The maximum Gasteiger partial charge on any atom is 0.0483 e. The molecule has 0 atom stereocenters. The van der Waals surface area contributed by atoms with Gasteiger partial charge >= 0.3 is 0 Å². The highest BCUT2D eigenvalue weighted by molar-refractivity contribution is 5.88. The zero-order valence-electron chi connectivity index (χ0n) is 9.01. The van der Waals surface area contributed by atoms with Crippen LogP contribution in [0.2, 0.25) is 0 Å². The Labute approximate surface area is 90.2 Å². The van der Waals surface area contributed by atoms with E-state index in [4.69, 9.17) is 5.11 Å². The molecule has 1 aromatic carbocycles. The lowest BCUT2D eigenvalue weighted by Crippen LogP contribution is -1.89. The summed E-state index contributed by atoms with van der Waals surface area (Å²) in [6.07, 6.45) is 5.23. The van der Waals surface area contributed by atoms with Gasteiger partial charge in [0.15, 0.2) is 0 Å². The number of benzene rings is 1. The van der Waals surface area contributed by atoms with Crippen LogP contribution < -0.4 is 5.32 Å². The number of rotatable bonds is 0. The van der Waals surface area contributed by atoms with Crippen LogP contribution in [-0.4, -0.2) is 17.4 Å². The topological polar surface area (TPSA) is 44.6 Å². The lowest BCUT2D eigenvalue weighted by molar-refractivity contribution is 0.216. The Morgan fingerprint density at radius 1 is 1.27 bits per heavy atom. The maximum absolute atomic E-state index is 8.06. The van der Waals surface area contributed by atoms with Gasteiger partial charge in [0.25, 0.3) is 0 Å². The molecule has 0 amide bonds. The predicted molar refractivity (Wildman–Crippen MR) is 64.2 cm³/mol. The molecule has 0 radical (unpaired) electrons. The van der Waals surface area contributed by atoms with Gasteiger partial charge in [-0.3, -0.25) is 4.99 Å². The van der Waals surface area contributed by atoms with Crippen molar-refractivity contribution in [3.8, 4) is 0 Å². The largest absolute Gasteiger partial charge is 0.394 e. The number of aliphatic imine (C=N–C) groups is 1. The van der Waals surface area contributed by atoms with Gasteiger partial charge in [0.2, 0.25) is 0 Å². The number of nitrogens with zero attached hydrogens (tertiary/aromatic N) is 1. The summed E-state index contributed by atoms with van der Waals surface area (Å²) in [6, 6.07) is 8.05. The molecule has 15 heavy (non-hydrogen) atoms. The summed E-state index contributed by atoms with van der Waals surface area (Å²) < 4.78 is 0. The lowest BCUT2D eigenvalue weighted by atomic mass is 10.2. The number of nitrogens with one attached hydrogen (secondary N) is 1. The number of fused-ring (bicyclic) bond motifs is 1. The van der Waals surface area contributed by atoms with Crippen molar-refractivity contribution in [2.75, 3.05) is 5.32 Å². The lowest BCUT2D eigenvalue weighted by Gasteiger charge is -2.01. The first-order valence-electron chi connectivity index (χ1n) is 4.92. The van der Waals surface area contributed by atoms with Crippen LogP contribution in [-0.2, 0) is 0 Å². The van der Waals surface area contributed by atoms with Crippen molar-refractivity contribution in [1.29, 1.82) is 0 Å². The van der Waals surface area contributed by atoms with Gasteiger partial charge in [-0.05, 0) is 19.9 Å². The van der Waals surface area contributed by atoms with E-state index in [-0.39, 0.29) is 6.10 Å². The smallest absolute Gasteiger partial charge is 0.0483 e. The fourth-order valence-corrected chi connectivity index (χ4v) is 1.03. The van der Waals surface area contributed by atoms with Crippen molar-refractivity contribution in [1.82, 2.24) is 0 Å². The first kappa shape index (κ1) is 11.5. The molecule has 2 N–H and O–H groups in total. The molecule has 0 saturated heterocycles. The van der Waals surface area contributed by atoms with Crippen LogP contribution in [0.1, 0.15) is 19.4 Å². The molecule has 80 valence electrons. The van der Waals surface area contributed by atoms with Gasteiger partial charge in [0.1, 0.15) is 0 Å². The zero-order valence-corrected chi connectivity index (χ0v) is 9.01. The molecule has 0 saturated carbocycles. The van der Waals surface area contributed by atoms with E-state index in [0.29, 0.717) is 0 Å². The van der Waals surface area contributed by atoms with E-state index in [1.54, 1.807) is 20.0 Å². The monoisotopic (exact) mass is 204 g/mol. The number of hydrogen-bond acceptors (Lipinski definition) is 3. The van der Waals surface area contributed by atoms with Crippen molar-refractivity contribution >= 4 is 11.9 Å². The highest BCUT2D eigenvalue weighted by atomic mass is 16.3. The third-order valence-electron chi connectivity index (χ3n) is 1.57. The van der Waals surface area contributed by atoms with E-state index in [1.807, 2.05) is 36.7 Å². The summed E-state index contributed by atoms with van der Waals surface area (Å²) in [5.41, 5.74) is 2.22. The van der Waals surface area contributed by atoms with Crippen LogP contribution in [0.15, 0.2) is 41.7 Å². The van der Waals surface area contributed by atoms with Gasteiger partial charge in [0, 0.05) is 36.0 Å². The minimum Gasteiger partial charge on any atom is -0.394 e. The van der Waals surface area contributed by atoms with Crippen LogP contribution in [0.3, 0.4) is 0 Å². The molecule has 0 fully saturated rings. The average molecular weight is 204 g/mol. The van der Waals surface area contributed by atoms with Crippen LogP contribution in [0.25, 0.3) is 0 Å². The van der Waals surface area contributed by atoms with Crippen molar-refractivity contribution in [3.63, 3.8) is 0 Å². The van der Waals surface area contributed by atoms with Gasteiger partial charge in [-0.25, -0.2) is 0 Å². The standard InChI is InChI=1S/C9H8N2.C3H8O/c1-2-4-9-8(3-1)7-10-5-6-11-9;1-3(2)4/h1-7,11H;3-4H,1-2H3. The minimum absolute atomic E-state index is 0.167. The third kappa shape index (κ3) is 4.42. The molecule has 1 aromatic rings. The Morgan fingerprint density at radius 3 is 2.67 bits per heavy atom. The van der Waals surface area contributed by atoms with Gasteiger partial charge < -0.3 is 10.4 Å². The number of hydrogen-bond donors (Lipinski definition) is 2. The normalized spacial score (nSPS) is 12.3. The molecular formula is C12H16N2O. The number of anilines is 1. The Kier molecular flexibility index (Phi) is 4.57. The Hall–Kier alpha value is -1.61. The van der Waals surface area contributed by atoms with Gasteiger partial charge in [0.05, 0.1) is 0 Å². The molecule has 1 heterocycles. The van der Waals surface area contributed by atoms with Crippen molar-refractivity contribution in [3.05, 3.63) is 42.2 Å². The molecule has 3 heteroatoms. The molecule has 3 nitrogen and oxygen atoms in total. The molecule has 0 unspecified atom stereocenters. The molecule has 0 spiro atoms. The van der Waals surface area contributed by atoms with Crippen LogP contribution in [0.4, 0.5) is 5.69 Å². The molecule has 1 aliphatic rings.